The molecule has 0 saturated heterocycles. The summed E-state index contributed by atoms with van der Waals surface area (Å²) in [6.45, 7) is 13.5. The molecule has 0 aromatic rings. The summed E-state index contributed by atoms with van der Waals surface area (Å²) in [7, 11) is -1.67. The van der Waals surface area contributed by atoms with E-state index >= 15 is 0 Å². The van der Waals surface area contributed by atoms with Gasteiger partial charge in [-0.3, -0.25) is 0 Å². The molecule has 0 unspecified atom stereocenters. The highest BCUT2D eigenvalue weighted by atomic mass is 28.4. The van der Waals surface area contributed by atoms with Gasteiger partial charge in [-0.15, -0.1) is 0 Å². The summed E-state index contributed by atoms with van der Waals surface area (Å²) in [5.74, 6) is 3.18. The minimum Gasteiger partial charge on any atom is -0.500 e. The molecule has 0 fully saturated rings. The molecule has 2 heteroatoms. The first kappa shape index (κ1) is 18.6. The van der Waals surface area contributed by atoms with E-state index in [9.17, 15) is 0 Å². The lowest BCUT2D eigenvalue weighted by Gasteiger charge is -2.33. The fourth-order valence-electron chi connectivity index (χ4n) is 1.54. The molecule has 112 valence electrons. The van der Waals surface area contributed by atoms with E-state index in [2.05, 4.69) is 52.8 Å². The van der Waals surface area contributed by atoms with Crippen molar-refractivity contribution >= 4 is 8.32 Å². The number of hydrogen-bond donors (Lipinski definition) is 0. The summed E-state index contributed by atoms with van der Waals surface area (Å²) < 4.78 is 5.83. The molecule has 0 spiro atoms. The van der Waals surface area contributed by atoms with Crippen LogP contribution in [0.3, 0.4) is 0 Å². The van der Waals surface area contributed by atoms with Crippen LogP contribution in [0.5, 0.6) is 0 Å². The normalized spacial score (nSPS) is 11.9. The molecule has 0 radical (unpaired) electrons. The number of rotatable bonds is 8. The lowest BCUT2D eigenvalue weighted by atomic mass is 10.1. The van der Waals surface area contributed by atoms with Crippen molar-refractivity contribution in [3.63, 3.8) is 0 Å². The zero-order chi connectivity index (χ0) is 14.8. The highest BCUT2D eigenvalue weighted by Crippen LogP contribution is 2.36. The van der Waals surface area contributed by atoms with Crippen molar-refractivity contribution in [1.29, 1.82) is 0 Å². The monoisotopic (exact) mass is 282 g/mol. The molecule has 0 heterocycles. The topological polar surface area (TPSA) is 9.23 Å². The zero-order valence-corrected chi connectivity index (χ0v) is 15.1. The Labute approximate surface area is 122 Å². The third-order valence-corrected chi connectivity index (χ3v) is 8.31. The van der Waals surface area contributed by atoms with E-state index in [4.69, 9.17) is 4.43 Å². The third-order valence-electron chi connectivity index (χ3n) is 4.09. The van der Waals surface area contributed by atoms with Crippen LogP contribution in [-0.2, 0) is 4.43 Å². The Morgan fingerprint density at radius 3 is 1.95 bits per heavy atom. The highest BCUT2D eigenvalue weighted by Gasteiger charge is 2.38. The maximum atomic E-state index is 5.83. The molecule has 0 N–H and O–H groups in total. The van der Waals surface area contributed by atoms with Gasteiger partial charge in [-0.2, -0.15) is 0 Å². The smallest absolute Gasteiger partial charge is 0.264 e. The zero-order valence-electron chi connectivity index (χ0n) is 14.1. The molecule has 0 aliphatic rings. The number of unbranched alkanes of at least 4 members (excludes halogenated alkanes) is 7. The van der Waals surface area contributed by atoms with E-state index in [-0.39, 0.29) is 5.04 Å². The molecule has 0 aromatic carbocycles. The first-order chi connectivity index (χ1) is 8.81. The van der Waals surface area contributed by atoms with E-state index in [1.54, 1.807) is 0 Å². The summed E-state index contributed by atoms with van der Waals surface area (Å²) in [6, 6.07) is 0. The summed E-state index contributed by atoms with van der Waals surface area (Å²) in [5.41, 5.74) is 0. The minimum absolute atomic E-state index is 0.251. The third kappa shape index (κ3) is 9.16. The van der Waals surface area contributed by atoms with Gasteiger partial charge in [0.1, 0.15) is 0 Å². The molecule has 0 saturated carbocycles. The second-order valence-corrected chi connectivity index (χ2v) is 11.7. The molecular formula is C17H34OSi. The molecule has 0 atom stereocenters. The predicted octanol–water partition coefficient (Wildman–Crippen LogP) is 6.11. The van der Waals surface area contributed by atoms with Crippen LogP contribution in [-0.4, -0.2) is 8.32 Å². The Balaban J connectivity index is 3.61. The van der Waals surface area contributed by atoms with Crippen LogP contribution in [0.25, 0.3) is 0 Å². The average molecular weight is 283 g/mol. The van der Waals surface area contributed by atoms with Crippen LogP contribution < -0.4 is 0 Å². The maximum Gasteiger partial charge on any atom is 0.264 e. The van der Waals surface area contributed by atoms with Crippen molar-refractivity contribution in [3.8, 4) is 12.0 Å². The van der Waals surface area contributed by atoms with Crippen LogP contribution in [0, 0.1) is 12.0 Å². The van der Waals surface area contributed by atoms with Gasteiger partial charge in [-0.25, -0.2) is 0 Å². The number of hydrogen-bond acceptors (Lipinski definition) is 1. The van der Waals surface area contributed by atoms with Crippen molar-refractivity contribution in [1.82, 2.24) is 0 Å². The maximum absolute atomic E-state index is 5.83. The molecule has 0 amide bonds. The summed E-state index contributed by atoms with van der Waals surface area (Å²) in [4.78, 5) is 0. The molecule has 1 nitrogen and oxygen atoms in total. The van der Waals surface area contributed by atoms with Crippen molar-refractivity contribution in [2.75, 3.05) is 0 Å². The van der Waals surface area contributed by atoms with Crippen LogP contribution >= 0.6 is 0 Å². The van der Waals surface area contributed by atoms with Gasteiger partial charge in [0.05, 0.1) is 6.11 Å². The SMILES string of the molecule is CCCCCCCCCC#CO[Si](C)(C)C(C)(C)C. The second kappa shape index (κ2) is 9.48. The Morgan fingerprint density at radius 1 is 0.895 bits per heavy atom. The quantitative estimate of drug-likeness (QED) is 0.296. The van der Waals surface area contributed by atoms with Gasteiger partial charge >= 0.3 is 0 Å². The van der Waals surface area contributed by atoms with Gasteiger partial charge in [-0.05, 0) is 24.6 Å². The molecular weight excluding hydrogens is 248 g/mol. The molecule has 19 heavy (non-hydrogen) atoms. The molecule has 0 rings (SSSR count). The van der Waals surface area contributed by atoms with Crippen LogP contribution in [0.2, 0.25) is 18.1 Å². The van der Waals surface area contributed by atoms with Gasteiger partial charge in [0.2, 0.25) is 0 Å². The van der Waals surface area contributed by atoms with Gasteiger partial charge in [0.25, 0.3) is 8.32 Å². The standard InChI is InChI=1S/C17H34OSi/c1-7-8-9-10-11-12-13-14-15-16-18-19(5,6)17(2,3)4/h7-14H2,1-6H3. The van der Waals surface area contributed by atoms with Crippen molar-refractivity contribution < 1.29 is 4.43 Å². The highest BCUT2D eigenvalue weighted by molar-refractivity contribution is 6.74. The van der Waals surface area contributed by atoms with Crippen LogP contribution in [0.4, 0.5) is 0 Å². The largest absolute Gasteiger partial charge is 0.500 e. The van der Waals surface area contributed by atoms with E-state index in [0.717, 1.165) is 6.42 Å². The van der Waals surface area contributed by atoms with E-state index in [0.29, 0.717) is 0 Å². The second-order valence-electron chi connectivity index (χ2n) is 7.01. The Hall–Kier alpha value is -0.423. The Bertz CT molecular complexity index is 278. The van der Waals surface area contributed by atoms with E-state index in [1.165, 1.54) is 44.9 Å². The predicted molar refractivity (Wildman–Crippen MR) is 88.7 cm³/mol. The Kier molecular flexibility index (Phi) is 9.26. The first-order valence-corrected chi connectivity index (χ1v) is 10.9. The summed E-state index contributed by atoms with van der Waals surface area (Å²) >= 11 is 0. The van der Waals surface area contributed by atoms with E-state index in [1.807, 2.05) is 0 Å². The van der Waals surface area contributed by atoms with Crippen molar-refractivity contribution in [2.45, 2.75) is 97.2 Å². The fourth-order valence-corrected chi connectivity index (χ4v) is 2.17. The van der Waals surface area contributed by atoms with Gasteiger partial charge in [0, 0.05) is 6.42 Å². The molecule has 0 aliphatic heterocycles. The van der Waals surface area contributed by atoms with Crippen LogP contribution in [0.15, 0.2) is 0 Å². The molecule has 0 bridgehead atoms. The summed E-state index contributed by atoms with van der Waals surface area (Å²) in [5, 5.41) is 0.251. The molecule has 0 aliphatic carbocycles. The van der Waals surface area contributed by atoms with Gasteiger partial charge in [-0.1, -0.05) is 72.1 Å². The molecule has 0 aromatic heterocycles. The lowest BCUT2D eigenvalue weighted by Crippen LogP contribution is -2.39. The first-order valence-electron chi connectivity index (χ1n) is 7.97. The average Bonchev–Trinajstić information content (AvgIpc) is 2.30. The van der Waals surface area contributed by atoms with Crippen molar-refractivity contribution in [3.05, 3.63) is 0 Å². The van der Waals surface area contributed by atoms with Gasteiger partial charge in [0.15, 0.2) is 0 Å². The van der Waals surface area contributed by atoms with Gasteiger partial charge < -0.3 is 4.43 Å². The van der Waals surface area contributed by atoms with E-state index < -0.39 is 8.32 Å². The van der Waals surface area contributed by atoms with Crippen molar-refractivity contribution in [2.24, 2.45) is 0 Å². The Morgan fingerprint density at radius 2 is 1.42 bits per heavy atom. The minimum atomic E-state index is -1.67. The summed E-state index contributed by atoms with van der Waals surface area (Å²) in [6.07, 6.45) is 13.4. The van der Waals surface area contributed by atoms with Crippen LogP contribution in [0.1, 0.15) is 79.1 Å². The fraction of sp³-hybridized carbons (Fsp3) is 0.882. The lowest BCUT2D eigenvalue weighted by molar-refractivity contribution is 0.460.